The fourth-order valence-corrected chi connectivity index (χ4v) is 5.08. The number of rotatable bonds is 2. The van der Waals surface area contributed by atoms with Crippen LogP contribution in [0.1, 0.15) is 19.8 Å². The molecular formula is C22H22F3N3O2S. The summed E-state index contributed by atoms with van der Waals surface area (Å²) in [5, 5.41) is 2.82. The fourth-order valence-electron chi connectivity index (χ4n) is 3.95. The van der Waals surface area contributed by atoms with Crippen molar-refractivity contribution in [1.29, 1.82) is 0 Å². The second kappa shape index (κ2) is 8.45. The van der Waals surface area contributed by atoms with Crippen LogP contribution < -0.4 is 15.1 Å². The van der Waals surface area contributed by atoms with Crippen molar-refractivity contribution < 1.29 is 22.8 Å². The predicted octanol–water partition coefficient (Wildman–Crippen LogP) is 4.68. The number of hydrogen-bond donors (Lipinski definition) is 1. The van der Waals surface area contributed by atoms with Gasteiger partial charge >= 0.3 is 6.18 Å². The number of carbonyl (C=O) groups is 2. The molecule has 5 nitrogen and oxygen atoms in total. The number of fused-ring (bicyclic) bond motifs is 2. The summed E-state index contributed by atoms with van der Waals surface area (Å²) in [5.41, 5.74) is 1.10. The molecule has 2 aliphatic rings. The standard InChI is InChI=1S/C22H22F3N3O2S/c1-14-10-11-27(17-8-4-5-9-18(17)31-14)13-21(30)28-16-7-3-2-6-15(16)26-20(29)12-19(28)22(23,24)25/h2-9,14,19H,10-13H2,1H3,(H,26,29). The summed E-state index contributed by atoms with van der Waals surface area (Å²) in [5.74, 6) is -1.46. The number of carbonyl (C=O) groups excluding carboxylic acids is 2. The molecule has 0 fully saturated rings. The lowest BCUT2D eigenvalue weighted by Crippen LogP contribution is -2.52. The van der Waals surface area contributed by atoms with Gasteiger partial charge in [0.15, 0.2) is 0 Å². The van der Waals surface area contributed by atoms with Crippen molar-refractivity contribution in [1.82, 2.24) is 0 Å². The number of halogens is 3. The van der Waals surface area contributed by atoms with Gasteiger partial charge in [0.05, 0.1) is 30.0 Å². The van der Waals surface area contributed by atoms with Gasteiger partial charge in [-0.15, -0.1) is 11.8 Å². The smallest absolute Gasteiger partial charge is 0.361 e. The van der Waals surface area contributed by atoms with Gasteiger partial charge in [-0.1, -0.05) is 31.2 Å². The highest BCUT2D eigenvalue weighted by Gasteiger charge is 2.49. The molecule has 0 bridgehead atoms. The highest BCUT2D eigenvalue weighted by molar-refractivity contribution is 8.00. The molecule has 0 aliphatic carbocycles. The lowest BCUT2D eigenvalue weighted by Gasteiger charge is -2.34. The first-order valence-corrected chi connectivity index (χ1v) is 10.9. The Hall–Kier alpha value is -2.68. The summed E-state index contributed by atoms with van der Waals surface area (Å²) in [7, 11) is 0. The minimum atomic E-state index is -4.74. The van der Waals surface area contributed by atoms with Crippen molar-refractivity contribution >= 4 is 40.6 Å². The van der Waals surface area contributed by atoms with E-state index in [0.717, 1.165) is 21.9 Å². The Balaban J connectivity index is 1.71. The van der Waals surface area contributed by atoms with Crippen LogP contribution >= 0.6 is 11.8 Å². The second-order valence-electron chi connectivity index (χ2n) is 7.70. The largest absolute Gasteiger partial charge is 0.409 e. The monoisotopic (exact) mass is 449 g/mol. The van der Waals surface area contributed by atoms with Gasteiger partial charge in [0, 0.05) is 16.7 Å². The lowest BCUT2D eigenvalue weighted by molar-refractivity contribution is -0.157. The molecule has 2 unspecified atom stereocenters. The predicted molar refractivity (Wildman–Crippen MR) is 116 cm³/mol. The first-order valence-electron chi connectivity index (χ1n) is 10.0. The van der Waals surface area contributed by atoms with Crippen molar-refractivity contribution in [3.63, 3.8) is 0 Å². The van der Waals surface area contributed by atoms with Crippen LogP contribution in [0.4, 0.5) is 30.2 Å². The minimum Gasteiger partial charge on any atom is -0.361 e. The van der Waals surface area contributed by atoms with Crippen LogP contribution in [0.2, 0.25) is 0 Å². The van der Waals surface area contributed by atoms with Gasteiger partial charge in [-0.05, 0) is 30.7 Å². The molecular weight excluding hydrogens is 427 g/mol. The quantitative estimate of drug-likeness (QED) is 0.723. The molecule has 1 N–H and O–H groups in total. The van der Waals surface area contributed by atoms with E-state index in [1.165, 1.54) is 12.1 Å². The van der Waals surface area contributed by atoms with Gasteiger partial charge in [-0.3, -0.25) is 14.5 Å². The van der Waals surface area contributed by atoms with Gasteiger partial charge in [0.1, 0.15) is 6.04 Å². The first-order chi connectivity index (χ1) is 14.7. The van der Waals surface area contributed by atoms with Crippen molar-refractivity contribution in [2.45, 2.75) is 42.1 Å². The third-order valence-corrected chi connectivity index (χ3v) is 6.68. The maximum atomic E-state index is 13.9. The molecule has 2 aromatic rings. The maximum absolute atomic E-state index is 13.9. The zero-order valence-electron chi connectivity index (χ0n) is 16.9. The van der Waals surface area contributed by atoms with Crippen LogP contribution in [-0.2, 0) is 9.59 Å². The number of anilines is 3. The van der Waals surface area contributed by atoms with E-state index in [2.05, 4.69) is 12.2 Å². The van der Waals surface area contributed by atoms with E-state index in [-0.39, 0.29) is 17.9 Å². The average molecular weight is 449 g/mol. The first kappa shape index (κ1) is 21.5. The van der Waals surface area contributed by atoms with E-state index in [1.54, 1.807) is 23.9 Å². The Kier molecular flexibility index (Phi) is 5.88. The summed E-state index contributed by atoms with van der Waals surface area (Å²) in [4.78, 5) is 29.1. The van der Waals surface area contributed by atoms with Crippen LogP contribution in [0.15, 0.2) is 53.4 Å². The van der Waals surface area contributed by atoms with Crippen LogP contribution in [-0.4, -0.2) is 42.4 Å². The number of thioether (sulfide) groups is 1. The number of nitrogens with zero attached hydrogens (tertiary/aromatic N) is 2. The Morgan fingerprint density at radius 3 is 2.55 bits per heavy atom. The molecule has 2 aromatic carbocycles. The Bertz CT molecular complexity index is 998. The molecule has 2 heterocycles. The maximum Gasteiger partial charge on any atom is 0.409 e. The van der Waals surface area contributed by atoms with Crippen LogP contribution in [0.5, 0.6) is 0 Å². The van der Waals surface area contributed by atoms with E-state index in [9.17, 15) is 22.8 Å². The summed E-state index contributed by atoms with van der Waals surface area (Å²) in [6.07, 6.45) is -4.79. The van der Waals surface area contributed by atoms with Crippen LogP contribution in [0.3, 0.4) is 0 Å². The van der Waals surface area contributed by atoms with Gasteiger partial charge in [-0.2, -0.15) is 13.2 Å². The number of para-hydroxylation sites is 3. The number of hydrogen-bond acceptors (Lipinski definition) is 4. The highest BCUT2D eigenvalue weighted by Crippen LogP contribution is 2.40. The number of alkyl halides is 3. The summed E-state index contributed by atoms with van der Waals surface area (Å²) in [6.45, 7) is 2.44. The van der Waals surface area contributed by atoms with Crippen molar-refractivity contribution in [3.8, 4) is 0 Å². The number of amides is 2. The van der Waals surface area contributed by atoms with Crippen LogP contribution in [0, 0.1) is 0 Å². The third kappa shape index (κ3) is 4.51. The van der Waals surface area contributed by atoms with Crippen molar-refractivity contribution in [2.24, 2.45) is 0 Å². The highest BCUT2D eigenvalue weighted by atomic mass is 32.2. The topological polar surface area (TPSA) is 52.7 Å². The zero-order chi connectivity index (χ0) is 22.2. The molecule has 164 valence electrons. The molecule has 0 aromatic heterocycles. The second-order valence-corrected chi connectivity index (χ2v) is 9.18. The van der Waals surface area contributed by atoms with Gasteiger partial charge in [-0.25, -0.2) is 0 Å². The minimum absolute atomic E-state index is 0.0616. The van der Waals surface area contributed by atoms with Crippen LogP contribution in [0.25, 0.3) is 0 Å². The van der Waals surface area contributed by atoms with Gasteiger partial charge in [0.25, 0.3) is 0 Å². The molecule has 0 saturated heterocycles. The number of nitrogens with one attached hydrogen (secondary N) is 1. The number of benzene rings is 2. The normalized spacial score (nSPS) is 21.5. The lowest BCUT2D eigenvalue weighted by atomic mass is 10.1. The SMILES string of the molecule is CC1CCN(CC(=O)N2c3ccccc3NC(=O)CC2C(F)(F)F)c2ccccc2S1. The van der Waals surface area contributed by atoms with E-state index in [0.29, 0.717) is 11.8 Å². The molecule has 2 atom stereocenters. The van der Waals surface area contributed by atoms with E-state index < -0.39 is 30.5 Å². The fraction of sp³-hybridized carbons (Fsp3) is 0.364. The van der Waals surface area contributed by atoms with E-state index in [1.807, 2.05) is 29.2 Å². The van der Waals surface area contributed by atoms with Crippen molar-refractivity contribution in [2.75, 3.05) is 28.2 Å². The Labute approximate surface area is 182 Å². The zero-order valence-corrected chi connectivity index (χ0v) is 17.7. The summed E-state index contributed by atoms with van der Waals surface area (Å²) >= 11 is 1.69. The Morgan fingerprint density at radius 1 is 1.13 bits per heavy atom. The molecule has 2 amide bonds. The molecule has 31 heavy (non-hydrogen) atoms. The van der Waals surface area contributed by atoms with E-state index in [4.69, 9.17) is 0 Å². The molecule has 2 aliphatic heterocycles. The third-order valence-electron chi connectivity index (χ3n) is 5.44. The summed E-state index contributed by atoms with van der Waals surface area (Å²) < 4.78 is 41.8. The molecule has 9 heteroatoms. The average Bonchev–Trinajstić information content (AvgIpc) is 2.96. The van der Waals surface area contributed by atoms with Gasteiger partial charge < -0.3 is 10.2 Å². The molecule has 0 spiro atoms. The molecule has 4 rings (SSSR count). The molecule has 0 radical (unpaired) electrons. The van der Waals surface area contributed by atoms with Gasteiger partial charge in [0.2, 0.25) is 11.8 Å². The Morgan fingerprint density at radius 2 is 1.81 bits per heavy atom. The molecule has 0 saturated carbocycles. The summed E-state index contributed by atoms with van der Waals surface area (Å²) in [6, 6.07) is 11.5. The van der Waals surface area contributed by atoms with Crippen molar-refractivity contribution in [3.05, 3.63) is 48.5 Å². The van der Waals surface area contributed by atoms with E-state index >= 15 is 0 Å².